The smallest absolute Gasteiger partial charge is 0.406 e. The second kappa shape index (κ2) is 4.79. The van der Waals surface area contributed by atoms with Crippen LogP contribution in [0.4, 0.5) is 22.0 Å². The van der Waals surface area contributed by atoms with E-state index in [4.69, 9.17) is 5.11 Å². The number of alkyl halides is 5. The fourth-order valence-electron chi connectivity index (χ4n) is 1.13. The summed E-state index contributed by atoms with van der Waals surface area (Å²) >= 11 is 0. The monoisotopic (exact) mass is 270 g/mol. The van der Waals surface area contributed by atoms with Crippen LogP contribution in [0.1, 0.15) is 16.8 Å². The average molecular weight is 270 g/mol. The maximum absolute atomic E-state index is 12.8. The molecule has 100 valence electrons. The predicted octanol–water partition coefficient (Wildman–Crippen LogP) is 3.31. The summed E-state index contributed by atoms with van der Waals surface area (Å²) in [5.74, 6) is -2.05. The molecule has 0 aromatic heterocycles. The minimum Gasteiger partial charge on any atom is -0.478 e. The number of carboxylic acid groups (broad SMARTS) is 1. The van der Waals surface area contributed by atoms with E-state index in [1.807, 2.05) is 0 Å². The van der Waals surface area contributed by atoms with Gasteiger partial charge in [-0.15, -0.1) is 0 Å². The molecule has 1 aromatic rings. The Balaban J connectivity index is 2.84. The van der Waals surface area contributed by atoms with Crippen molar-refractivity contribution >= 4 is 5.97 Å². The first-order chi connectivity index (χ1) is 8.09. The van der Waals surface area contributed by atoms with E-state index in [0.29, 0.717) is 6.07 Å². The number of aromatic carboxylic acids is 1. The molecule has 0 spiro atoms. The van der Waals surface area contributed by atoms with Gasteiger partial charge in [-0.3, -0.25) is 0 Å². The molecular formula is C10H7F5O3. The van der Waals surface area contributed by atoms with Crippen LogP contribution < -0.4 is 4.74 Å². The lowest BCUT2D eigenvalue weighted by Gasteiger charge is -2.19. The molecule has 0 atom stereocenters. The fourth-order valence-corrected chi connectivity index (χ4v) is 1.13. The number of ether oxygens (including phenoxy) is 1. The highest BCUT2D eigenvalue weighted by atomic mass is 19.4. The van der Waals surface area contributed by atoms with Gasteiger partial charge in [0.2, 0.25) is 0 Å². The Labute approximate surface area is 97.8 Å². The van der Waals surface area contributed by atoms with Crippen molar-refractivity contribution in [2.75, 3.05) is 0 Å². The van der Waals surface area contributed by atoms with Gasteiger partial charge in [-0.2, -0.15) is 22.0 Å². The summed E-state index contributed by atoms with van der Waals surface area (Å²) in [6.07, 6.45) is -12.0. The van der Waals surface area contributed by atoms with Gasteiger partial charge in [0.05, 0.1) is 5.56 Å². The summed E-state index contributed by atoms with van der Waals surface area (Å²) in [6.45, 7) is 0. The first-order valence-electron chi connectivity index (χ1n) is 4.56. The molecule has 0 aliphatic rings. The van der Waals surface area contributed by atoms with Gasteiger partial charge in [-0.25, -0.2) is 4.79 Å². The maximum atomic E-state index is 12.8. The normalized spacial score (nSPS) is 12.3. The van der Waals surface area contributed by atoms with Crippen molar-refractivity contribution in [2.45, 2.75) is 18.7 Å². The van der Waals surface area contributed by atoms with Gasteiger partial charge in [-0.05, 0) is 18.2 Å². The number of carboxylic acids is 1. The predicted molar refractivity (Wildman–Crippen MR) is 49.6 cm³/mol. The molecule has 0 saturated carbocycles. The molecule has 1 rings (SSSR count). The second-order valence-electron chi connectivity index (χ2n) is 3.36. The van der Waals surface area contributed by atoms with E-state index < -0.39 is 30.4 Å². The molecular weight excluding hydrogens is 263 g/mol. The van der Waals surface area contributed by atoms with Crippen LogP contribution in [0.25, 0.3) is 0 Å². The van der Waals surface area contributed by atoms with Gasteiger partial charge in [-0.1, -0.05) is 6.07 Å². The molecule has 0 fully saturated rings. The Bertz CT molecular complexity index is 441. The SMILES string of the molecule is O=C(O)c1cccc(OC(F)(F)CC(F)(F)F)c1. The van der Waals surface area contributed by atoms with Crippen LogP contribution in [0.15, 0.2) is 24.3 Å². The summed E-state index contributed by atoms with van der Waals surface area (Å²) in [6, 6.07) is 3.84. The standard InChI is InChI=1S/C10H7F5O3/c11-9(12,13)5-10(14,15)18-7-3-1-2-6(4-7)8(16)17/h1-4H,5H2,(H,16,17). The van der Waals surface area contributed by atoms with Crippen LogP contribution in [0.2, 0.25) is 0 Å². The number of hydrogen-bond acceptors (Lipinski definition) is 2. The number of hydrogen-bond donors (Lipinski definition) is 1. The van der Waals surface area contributed by atoms with E-state index in [2.05, 4.69) is 4.74 Å². The van der Waals surface area contributed by atoms with Crippen LogP contribution >= 0.6 is 0 Å². The minimum atomic E-state index is -5.09. The van der Waals surface area contributed by atoms with Crippen LogP contribution in [-0.2, 0) is 0 Å². The first-order valence-corrected chi connectivity index (χ1v) is 4.56. The van der Waals surface area contributed by atoms with E-state index in [0.717, 1.165) is 18.2 Å². The van der Waals surface area contributed by atoms with Crippen LogP contribution in [0, 0.1) is 0 Å². The van der Waals surface area contributed by atoms with Gasteiger partial charge in [0.1, 0.15) is 12.2 Å². The highest BCUT2D eigenvalue weighted by Gasteiger charge is 2.45. The zero-order valence-electron chi connectivity index (χ0n) is 8.67. The van der Waals surface area contributed by atoms with E-state index in [1.165, 1.54) is 0 Å². The molecule has 0 unspecified atom stereocenters. The lowest BCUT2D eigenvalue weighted by molar-refractivity contribution is -0.255. The zero-order valence-corrected chi connectivity index (χ0v) is 8.67. The molecule has 3 nitrogen and oxygen atoms in total. The van der Waals surface area contributed by atoms with E-state index >= 15 is 0 Å². The molecule has 0 radical (unpaired) electrons. The van der Waals surface area contributed by atoms with Crippen molar-refractivity contribution in [1.29, 1.82) is 0 Å². The summed E-state index contributed by atoms with van der Waals surface area (Å²) in [7, 11) is 0. The average Bonchev–Trinajstić information content (AvgIpc) is 2.12. The lowest BCUT2D eigenvalue weighted by atomic mass is 10.2. The van der Waals surface area contributed by atoms with Crippen molar-refractivity contribution in [2.24, 2.45) is 0 Å². The number of benzene rings is 1. The lowest BCUT2D eigenvalue weighted by Crippen LogP contribution is -2.31. The molecule has 1 aromatic carbocycles. The van der Waals surface area contributed by atoms with Crippen molar-refractivity contribution in [3.05, 3.63) is 29.8 Å². The van der Waals surface area contributed by atoms with Gasteiger partial charge >= 0.3 is 18.3 Å². The second-order valence-corrected chi connectivity index (χ2v) is 3.36. The first kappa shape index (κ1) is 14.2. The molecule has 0 saturated heterocycles. The Morgan fingerprint density at radius 3 is 2.33 bits per heavy atom. The summed E-state index contributed by atoms with van der Waals surface area (Å²) in [5, 5.41) is 8.57. The largest absolute Gasteiger partial charge is 0.478 e. The third kappa shape index (κ3) is 4.56. The Hall–Kier alpha value is -1.86. The zero-order chi connectivity index (χ0) is 14.0. The van der Waals surface area contributed by atoms with Crippen molar-refractivity contribution in [3.8, 4) is 5.75 Å². The third-order valence-electron chi connectivity index (χ3n) is 1.75. The molecule has 0 aliphatic heterocycles. The highest BCUT2D eigenvalue weighted by molar-refractivity contribution is 5.87. The molecule has 0 bridgehead atoms. The minimum absolute atomic E-state index is 0.365. The van der Waals surface area contributed by atoms with E-state index in [-0.39, 0.29) is 5.56 Å². The van der Waals surface area contributed by atoms with Gasteiger partial charge in [0.15, 0.2) is 0 Å². The van der Waals surface area contributed by atoms with Gasteiger partial charge in [0.25, 0.3) is 0 Å². The molecule has 1 N–H and O–H groups in total. The molecule has 8 heteroatoms. The summed E-state index contributed by atoms with van der Waals surface area (Å²) in [4.78, 5) is 10.5. The van der Waals surface area contributed by atoms with Crippen LogP contribution in [-0.4, -0.2) is 23.4 Å². The number of carbonyl (C=O) groups is 1. The third-order valence-corrected chi connectivity index (χ3v) is 1.75. The van der Waals surface area contributed by atoms with Crippen molar-refractivity contribution in [1.82, 2.24) is 0 Å². The van der Waals surface area contributed by atoms with Gasteiger partial charge in [0, 0.05) is 0 Å². The molecule has 0 heterocycles. The van der Waals surface area contributed by atoms with Gasteiger partial charge < -0.3 is 9.84 Å². The summed E-state index contributed by atoms with van der Waals surface area (Å²) < 4.78 is 65.0. The molecule has 0 aliphatic carbocycles. The van der Waals surface area contributed by atoms with Crippen molar-refractivity contribution in [3.63, 3.8) is 0 Å². The van der Waals surface area contributed by atoms with Crippen LogP contribution in [0.3, 0.4) is 0 Å². The fraction of sp³-hybridized carbons (Fsp3) is 0.300. The number of halogens is 5. The van der Waals surface area contributed by atoms with Crippen molar-refractivity contribution < 1.29 is 36.6 Å². The topological polar surface area (TPSA) is 46.5 Å². The Morgan fingerprint density at radius 1 is 1.22 bits per heavy atom. The Morgan fingerprint density at radius 2 is 1.83 bits per heavy atom. The highest BCUT2D eigenvalue weighted by Crippen LogP contribution is 2.33. The Kier molecular flexibility index (Phi) is 3.78. The molecule has 0 amide bonds. The summed E-state index contributed by atoms with van der Waals surface area (Å²) in [5.41, 5.74) is -0.365. The van der Waals surface area contributed by atoms with Crippen LogP contribution in [0.5, 0.6) is 5.75 Å². The maximum Gasteiger partial charge on any atom is 0.406 e. The van der Waals surface area contributed by atoms with E-state index in [1.54, 1.807) is 0 Å². The number of rotatable bonds is 4. The quantitative estimate of drug-likeness (QED) is 0.854. The van der Waals surface area contributed by atoms with E-state index in [9.17, 15) is 26.7 Å². The molecule has 18 heavy (non-hydrogen) atoms.